The first-order valence-electron chi connectivity index (χ1n) is 8.60. The van der Waals surface area contributed by atoms with Crippen LogP contribution in [0.15, 0.2) is 23.6 Å². The average molecular weight is 371 g/mol. The molecule has 0 unspecified atom stereocenters. The smallest absolute Gasteiger partial charge is 0.273 e. The first-order chi connectivity index (χ1) is 12.6. The molecule has 0 aliphatic carbocycles. The number of ether oxygens (including phenoxy) is 2. The number of rotatable bonds is 7. The maximum Gasteiger partial charge on any atom is 0.273 e. The number of thiazole rings is 1. The van der Waals surface area contributed by atoms with E-state index in [1.54, 1.807) is 10.3 Å². The fraction of sp³-hybridized carbons (Fsp3) is 0.421. The van der Waals surface area contributed by atoms with Gasteiger partial charge in [0.15, 0.2) is 11.5 Å². The Kier molecular flexibility index (Phi) is 5.74. The van der Waals surface area contributed by atoms with E-state index in [1.165, 1.54) is 11.3 Å². The SMILES string of the molecule is CC(C)CCN(CCC#N)C(=O)c1csc(-c2ccc3c(c2)OCO3)n1. The van der Waals surface area contributed by atoms with E-state index in [0.717, 1.165) is 22.7 Å². The van der Waals surface area contributed by atoms with Crippen molar-refractivity contribution in [3.05, 3.63) is 29.3 Å². The van der Waals surface area contributed by atoms with E-state index in [9.17, 15) is 4.79 Å². The Morgan fingerprint density at radius 2 is 2.15 bits per heavy atom. The molecule has 3 rings (SSSR count). The molecule has 0 radical (unpaired) electrons. The van der Waals surface area contributed by atoms with Gasteiger partial charge in [-0.3, -0.25) is 4.79 Å². The van der Waals surface area contributed by atoms with E-state index in [1.807, 2.05) is 18.2 Å². The summed E-state index contributed by atoms with van der Waals surface area (Å²) in [6, 6.07) is 7.75. The fourth-order valence-corrected chi connectivity index (χ4v) is 3.40. The molecule has 0 saturated heterocycles. The number of fused-ring (bicyclic) bond motifs is 1. The van der Waals surface area contributed by atoms with Gasteiger partial charge in [-0.2, -0.15) is 5.26 Å². The van der Waals surface area contributed by atoms with Crippen LogP contribution in [-0.4, -0.2) is 35.7 Å². The summed E-state index contributed by atoms with van der Waals surface area (Å²) in [5, 5.41) is 11.4. The number of aromatic nitrogens is 1. The van der Waals surface area contributed by atoms with Crippen LogP contribution in [0.2, 0.25) is 0 Å². The Hall–Kier alpha value is -2.59. The summed E-state index contributed by atoms with van der Waals surface area (Å²) in [5.41, 5.74) is 1.31. The lowest BCUT2D eigenvalue weighted by Crippen LogP contribution is -2.33. The highest BCUT2D eigenvalue weighted by molar-refractivity contribution is 7.13. The maximum absolute atomic E-state index is 12.8. The zero-order valence-corrected chi connectivity index (χ0v) is 15.7. The third kappa shape index (κ3) is 4.14. The minimum atomic E-state index is -0.121. The fourth-order valence-electron chi connectivity index (χ4n) is 2.61. The van der Waals surface area contributed by atoms with Crippen molar-refractivity contribution in [2.24, 2.45) is 5.92 Å². The van der Waals surface area contributed by atoms with Crippen molar-refractivity contribution in [3.8, 4) is 28.1 Å². The lowest BCUT2D eigenvalue weighted by atomic mass is 10.1. The molecule has 1 aromatic carbocycles. The number of nitriles is 1. The van der Waals surface area contributed by atoms with Crippen LogP contribution in [0.25, 0.3) is 10.6 Å². The van der Waals surface area contributed by atoms with E-state index < -0.39 is 0 Å². The van der Waals surface area contributed by atoms with Gasteiger partial charge in [0.1, 0.15) is 10.7 Å². The summed E-state index contributed by atoms with van der Waals surface area (Å²) >= 11 is 1.42. The molecule has 0 bridgehead atoms. The van der Waals surface area contributed by atoms with Crippen molar-refractivity contribution >= 4 is 17.2 Å². The molecule has 26 heavy (non-hydrogen) atoms. The first kappa shape index (κ1) is 18.2. The highest BCUT2D eigenvalue weighted by Crippen LogP contribution is 2.36. The molecule has 136 valence electrons. The quantitative estimate of drug-likeness (QED) is 0.737. The molecule has 0 atom stereocenters. The molecule has 7 heteroatoms. The molecule has 2 heterocycles. The Bertz CT molecular complexity index is 826. The lowest BCUT2D eigenvalue weighted by molar-refractivity contribution is 0.0747. The molecule has 1 aliphatic heterocycles. The zero-order valence-electron chi connectivity index (χ0n) is 14.9. The molecular formula is C19H21N3O3S. The summed E-state index contributed by atoms with van der Waals surface area (Å²) in [7, 11) is 0. The Morgan fingerprint density at radius 3 is 2.92 bits per heavy atom. The van der Waals surface area contributed by atoms with Gasteiger partial charge in [0.05, 0.1) is 12.5 Å². The summed E-state index contributed by atoms with van der Waals surface area (Å²) in [6.07, 6.45) is 1.22. The minimum Gasteiger partial charge on any atom is -0.454 e. The van der Waals surface area contributed by atoms with Crippen LogP contribution in [0.4, 0.5) is 0 Å². The third-order valence-corrected chi connectivity index (χ3v) is 4.99. The van der Waals surface area contributed by atoms with Gasteiger partial charge in [0, 0.05) is 24.0 Å². The first-order valence-corrected chi connectivity index (χ1v) is 9.48. The molecule has 2 aromatic rings. The van der Waals surface area contributed by atoms with Gasteiger partial charge in [-0.05, 0) is 30.5 Å². The number of hydrogen-bond donors (Lipinski definition) is 0. The molecule has 1 aromatic heterocycles. The Labute approximate surface area is 157 Å². The standard InChI is InChI=1S/C19H21N3O3S/c1-13(2)6-9-22(8-3-7-20)19(23)15-11-26-18(21-15)14-4-5-16-17(10-14)25-12-24-16/h4-5,10-11,13H,3,6,8-9,12H2,1-2H3. The second-order valence-electron chi connectivity index (χ2n) is 6.49. The van der Waals surface area contributed by atoms with Crippen molar-refractivity contribution in [1.82, 2.24) is 9.88 Å². The van der Waals surface area contributed by atoms with Gasteiger partial charge < -0.3 is 14.4 Å². The Morgan fingerprint density at radius 1 is 1.35 bits per heavy atom. The van der Waals surface area contributed by atoms with Crippen molar-refractivity contribution in [2.75, 3.05) is 19.9 Å². The number of carbonyl (C=O) groups excluding carboxylic acids is 1. The Balaban J connectivity index is 1.76. The summed E-state index contributed by atoms with van der Waals surface area (Å²) < 4.78 is 10.7. The largest absolute Gasteiger partial charge is 0.454 e. The van der Waals surface area contributed by atoms with Gasteiger partial charge >= 0.3 is 0 Å². The van der Waals surface area contributed by atoms with Gasteiger partial charge in [-0.15, -0.1) is 11.3 Å². The highest BCUT2D eigenvalue weighted by atomic mass is 32.1. The van der Waals surface area contributed by atoms with Gasteiger partial charge in [0.25, 0.3) is 5.91 Å². The van der Waals surface area contributed by atoms with E-state index in [0.29, 0.717) is 36.9 Å². The maximum atomic E-state index is 12.8. The topological polar surface area (TPSA) is 75.5 Å². The molecule has 0 fully saturated rings. The van der Waals surface area contributed by atoms with Gasteiger partial charge in [0.2, 0.25) is 6.79 Å². The number of amides is 1. The van der Waals surface area contributed by atoms with Gasteiger partial charge in [-0.25, -0.2) is 4.98 Å². The number of hydrogen-bond acceptors (Lipinski definition) is 6. The van der Waals surface area contributed by atoms with E-state index in [2.05, 4.69) is 24.9 Å². The average Bonchev–Trinajstić information content (AvgIpc) is 3.29. The van der Waals surface area contributed by atoms with E-state index >= 15 is 0 Å². The molecule has 0 saturated carbocycles. The predicted octanol–water partition coefficient (Wildman–Crippen LogP) is 3.94. The molecular weight excluding hydrogens is 350 g/mol. The van der Waals surface area contributed by atoms with Crippen LogP contribution in [-0.2, 0) is 0 Å². The van der Waals surface area contributed by atoms with Crippen LogP contribution in [0.5, 0.6) is 11.5 Å². The second-order valence-corrected chi connectivity index (χ2v) is 7.35. The van der Waals surface area contributed by atoms with E-state index in [-0.39, 0.29) is 12.7 Å². The highest BCUT2D eigenvalue weighted by Gasteiger charge is 2.20. The van der Waals surface area contributed by atoms with Crippen LogP contribution < -0.4 is 9.47 Å². The van der Waals surface area contributed by atoms with Crippen LogP contribution in [0.1, 0.15) is 37.2 Å². The van der Waals surface area contributed by atoms with Crippen molar-refractivity contribution in [1.29, 1.82) is 5.26 Å². The normalized spacial score (nSPS) is 12.2. The summed E-state index contributed by atoms with van der Waals surface area (Å²) in [5.74, 6) is 1.78. The summed E-state index contributed by atoms with van der Waals surface area (Å²) in [6.45, 7) is 5.53. The second kappa shape index (κ2) is 8.19. The number of nitrogens with zero attached hydrogens (tertiary/aromatic N) is 3. The molecule has 0 N–H and O–H groups in total. The van der Waals surface area contributed by atoms with Crippen molar-refractivity contribution in [3.63, 3.8) is 0 Å². The minimum absolute atomic E-state index is 0.121. The molecule has 1 aliphatic rings. The third-order valence-electron chi connectivity index (χ3n) is 4.10. The summed E-state index contributed by atoms with van der Waals surface area (Å²) in [4.78, 5) is 19.0. The predicted molar refractivity (Wildman–Crippen MR) is 99.3 cm³/mol. The van der Waals surface area contributed by atoms with E-state index in [4.69, 9.17) is 14.7 Å². The van der Waals surface area contributed by atoms with Gasteiger partial charge in [-0.1, -0.05) is 13.8 Å². The zero-order chi connectivity index (χ0) is 18.5. The van der Waals surface area contributed by atoms with Crippen LogP contribution in [0, 0.1) is 17.2 Å². The van der Waals surface area contributed by atoms with Crippen molar-refractivity contribution in [2.45, 2.75) is 26.7 Å². The number of carbonyl (C=O) groups is 1. The molecule has 0 spiro atoms. The monoisotopic (exact) mass is 371 g/mol. The number of benzene rings is 1. The van der Waals surface area contributed by atoms with Crippen molar-refractivity contribution < 1.29 is 14.3 Å². The van der Waals surface area contributed by atoms with Crippen LogP contribution in [0.3, 0.4) is 0 Å². The lowest BCUT2D eigenvalue weighted by Gasteiger charge is -2.21. The molecule has 1 amide bonds. The molecule has 6 nitrogen and oxygen atoms in total. The van der Waals surface area contributed by atoms with Crippen LogP contribution >= 0.6 is 11.3 Å².